The first-order valence-corrected chi connectivity index (χ1v) is 10.8. The van der Waals surface area contributed by atoms with Gasteiger partial charge in [-0.1, -0.05) is 5.16 Å². The number of imide groups is 1. The molecule has 4 rings (SSSR count). The van der Waals surface area contributed by atoms with Gasteiger partial charge in [0.05, 0.1) is 11.3 Å². The second kappa shape index (κ2) is 8.15. The van der Waals surface area contributed by atoms with Crippen molar-refractivity contribution in [3.05, 3.63) is 29.6 Å². The molecule has 11 nitrogen and oxygen atoms in total. The number of rotatable bonds is 2. The number of aromatic nitrogens is 3. The van der Waals surface area contributed by atoms with Crippen LogP contribution in [0.1, 0.15) is 57.6 Å². The van der Waals surface area contributed by atoms with Crippen LogP contribution >= 0.6 is 0 Å². The smallest absolute Gasteiger partial charge is 0.425 e. The summed E-state index contributed by atoms with van der Waals surface area (Å²) in [5.41, 5.74) is 1.19. The molecule has 1 aliphatic heterocycles. The summed E-state index contributed by atoms with van der Waals surface area (Å²) in [5.74, 6) is -0.317. The Hall–Kier alpha value is -3.89. The standard InChI is InChI=1S/C23H27N5O6/c1-22(2,3)32-20(30)28(21(31)33-23(4,5)6)18-16-17(34-27-18)12(7-9-24-16)15-11-13-14(26-15)8-10-25-19(13)29/h7,9,11,26H,8,10H2,1-6H3,(H,25,29). The van der Waals surface area contributed by atoms with Gasteiger partial charge < -0.3 is 24.3 Å². The molecule has 34 heavy (non-hydrogen) atoms. The molecule has 0 saturated carbocycles. The lowest BCUT2D eigenvalue weighted by Crippen LogP contribution is -2.44. The molecule has 0 fully saturated rings. The average molecular weight is 469 g/mol. The molecule has 0 atom stereocenters. The maximum absolute atomic E-state index is 13.0. The summed E-state index contributed by atoms with van der Waals surface area (Å²) in [4.78, 5) is 46.4. The molecule has 4 heterocycles. The first kappa shape index (κ1) is 23.3. The van der Waals surface area contributed by atoms with Crippen molar-refractivity contribution in [3.8, 4) is 11.3 Å². The van der Waals surface area contributed by atoms with E-state index >= 15 is 0 Å². The van der Waals surface area contributed by atoms with Crippen molar-refractivity contribution >= 4 is 35.0 Å². The molecule has 0 radical (unpaired) electrons. The van der Waals surface area contributed by atoms with Crippen molar-refractivity contribution in [2.45, 2.75) is 59.2 Å². The van der Waals surface area contributed by atoms with Crippen molar-refractivity contribution in [2.24, 2.45) is 0 Å². The number of carbonyl (C=O) groups excluding carboxylic acids is 3. The number of carbonyl (C=O) groups is 3. The number of aromatic amines is 1. The van der Waals surface area contributed by atoms with Crippen LogP contribution < -0.4 is 10.2 Å². The maximum atomic E-state index is 13.0. The van der Waals surface area contributed by atoms with Gasteiger partial charge in [0.15, 0.2) is 11.1 Å². The predicted octanol–water partition coefficient (Wildman–Crippen LogP) is 4.18. The Morgan fingerprint density at radius 2 is 1.71 bits per heavy atom. The zero-order valence-electron chi connectivity index (χ0n) is 19.9. The number of hydrogen-bond donors (Lipinski definition) is 2. The van der Waals surface area contributed by atoms with E-state index in [-0.39, 0.29) is 22.8 Å². The van der Waals surface area contributed by atoms with E-state index in [9.17, 15) is 14.4 Å². The highest BCUT2D eigenvalue weighted by Crippen LogP contribution is 2.34. The zero-order valence-corrected chi connectivity index (χ0v) is 19.9. The van der Waals surface area contributed by atoms with Crippen LogP contribution in [0, 0.1) is 0 Å². The molecule has 11 heteroatoms. The Balaban J connectivity index is 1.80. The highest BCUT2D eigenvalue weighted by atomic mass is 16.6. The Morgan fingerprint density at radius 3 is 2.29 bits per heavy atom. The number of hydrogen-bond acceptors (Lipinski definition) is 8. The maximum Gasteiger partial charge on any atom is 0.425 e. The number of pyridine rings is 1. The molecule has 0 aliphatic carbocycles. The number of nitrogens with one attached hydrogen (secondary N) is 2. The van der Waals surface area contributed by atoms with E-state index in [0.29, 0.717) is 34.7 Å². The summed E-state index contributed by atoms with van der Waals surface area (Å²) >= 11 is 0. The summed E-state index contributed by atoms with van der Waals surface area (Å²) in [5, 5.41) is 6.78. The van der Waals surface area contributed by atoms with E-state index in [0.717, 1.165) is 5.69 Å². The number of nitrogens with zero attached hydrogens (tertiary/aromatic N) is 3. The molecule has 0 bridgehead atoms. The van der Waals surface area contributed by atoms with E-state index < -0.39 is 23.4 Å². The highest BCUT2D eigenvalue weighted by Gasteiger charge is 2.37. The highest BCUT2D eigenvalue weighted by molar-refractivity contribution is 6.13. The van der Waals surface area contributed by atoms with Gasteiger partial charge in [0.2, 0.25) is 5.82 Å². The first-order chi connectivity index (χ1) is 15.8. The molecular formula is C23H27N5O6. The zero-order chi connectivity index (χ0) is 24.8. The van der Waals surface area contributed by atoms with Crippen molar-refractivity contribution in [1.82, 2.24) is 20.4 Å². The lowest BCUT2D eigenvalue weighted by molar-refractivity contribution is 0.0427. The van der Waals surface area contributed by atoms with E-state index in [1.165, 1.54) is 6.20 Å². The quantitative estimate of drug-likeness (QED) is 0.570. The molecule has 3 amide bonds. The van der Waals surface area contributed by atoms with Gasteiger partial charge in [-0.2, -0.15) is 4.90 Å². The summed E-state index contributed by atoms with van der Waals surface area (Å²) in [7, 11) is 0. The van der Waals surface area contributed by atoms with Gasteiger partial charge in [0, 0.05) is 30.4 Å². The van der Waals surface area contributed by atoms with E-state index in [1.54, 1.807) is 53.7 Å². The second-order valence-corrected chi connectivity index (χ2v) is 9.92. The minimum Gasteiger partial charge on any atom is -0.443 e. The molecule has 2 N–H and O–H groups in total. The number of fused-ring (bicyclic) bond motifs is 2. The van der Waals surface area contributed by atoms with Crippen molar-refractivity contribution in [1.29, 1.82) is 0 Å². The summed E-state index contributed by atoms with van der Waals surface area (Å²) in [6.07, 6.45) is 0.218. The van der Waals surface area contributed by atoms with Crippen molar-refractivity contribution < 1.29 is 28.4 Å². The van der Waals surface area contributed by atoms with Gasteiger partial charge in [0.1, 0.15) is 11.2 Å². The van der Waals surface area contributed by atoms with Crippen LogP contribution in [0.4, 0.5) is 15.4 Å². The fraction of sp³-hybridized carbons (Fsp3) is 0.435. The number of ether oxygens (including phenoxy) is 2. The van der Waals surface area contributed by atoms with Crippen LogP contribution in [0.2, 0.25) is 0 Å². The molecule has 180 valence electrons. The van der Waals surface area contributed by atoms with E-state index in [4.69, 9.17) is 14.0 Å². The summed E-state index contributed by atoms with van der Waals surface area (Å²) < 4.78 is 16.4. The Labute approximate surface area is 195 Å². The van der Waals surface area contributed by atoms with Crippen molar-refractivity contribution in [2.75, 3.05) is 11.4 Å². The third-order valence-corrected chi connectivity index (χ3v) is 4.80. The van der Waals surface area contributed by atoms with Crippen LogP contribution in [-0.4, -0.2) is 51.0 Å². The van der Waals surface area contributed by atoms with Gasteiger partial charge in [-0.15, -0.1) is 0 Å². The number of anilines is 1. The first-order valence-electron chi connectivity index (χ1n) is 10.8. The van der Waals surface area contributed by atoms with Crippen LogP contribution in [0.15, 0.2) is 22.9 Å². The largest absolute Gasteiger partial charge is 0.443 e. The number of H-pyrrole nitrogens is 1. The molecule has 3 aromatic heterocycles. The van der Waals surface area contributed by atoms with E-state index in [1.807, 2.05) is 0 Å². The van der Waals surface area contributed by atoms with Crippen LogP contribution in [-0.2, 0) is 15.9 Å². The minimum absolute atomic E-state index is 0.158. The Bertz CT molecular complexity index is 1250. The fourth-order valence-electron chi connectivity index (χ4n) is 3.49. The molecule has 0 saturated heterocycles. The van der Waals surface area contributed by atoms with Gasteiger partial charge in [-0.25, -0.2) is 14.6 Å². The SMILES string of the molecule is CC(C)(C)OC(=O)N(C(=O)OC(C)(C)C)c1noc2c(-c3cc4c([nH]3)CCNC4=O)ccnc12. The Kier molecular flexibility index (Phi) is 5.58. The van der Waals surface area contributed by atoms with Gasteiger partial charge in [-0.3, -0.25) is 4.79 Å². The monoisotopic (exact) mass is 469 g/mol. The predicted molar refractivity (Wildman–Crippen MR) is 123 cm³/mol. The van der Waals surface area contributed by atoms with Gasteiger partial charge in [-0.05, 0) is 53.7 Å². The van der Waals surface area contributed by atoms with Crippen LogP contribution in [0.25, 0.3) is 22.4 Å². The fourth-order valence-corrected chi connectivity index (χ4v) is 3.49. The van der Waals surface area contributed by atoms with Crippen LogP contribution in [0.5, 0.6) is 0 Å². The lowest BCUT2D eigenvalue weighted by atomic mass is 10.1. The molecule has 0 aromatic carbocycles. The van der Waals surface area contributed by atoms with Crippen molar-refractivity contribution in [3.63, 3.8) is 0 Å². The number of amides is 3. The lowest BCUT2D eigenvalue weighted by Gasteiger charge is -2.27. The molecule has 0 spiro atoms. The van der Waals surface area contributed by atoms with E-state index in [2.05, 4.69) is 20.4 Å². The second-order valence-electron chi connectivity index (χ2n) is 9.92. The molecule has 1 aliphatic rings. The van der Waals surface area contributed by atoms with Crippen LogP contribution in [0.3, 0.4) is 0 Å². The molecule has 3 aromatic rings. The normalized spacial score (nSPS) is 13.9. The topological polar surface area (TPSA) is 140 Å². The summed E-state index contributed by atoms with van der Waals surface area (Å²) in [6.45, 7) is 10.6. The molecular weight excluding hydrogens is 442 g/mol. The average Bonchev–Trinajstić information content (AvgIpc) is 3.31. The minimum atomic E-state index is -0.976. The van der Waals surface area contributed by atoms with Gasteiger partial charge >= 0.3 is 12.2 Å². The third-order valence-electron chi connectivity index (χ3n) is 4.80. The molecule has 0 unspecified atom stereocenters. The van der Waals surface area contributed by atoms with Gasteiger partial charge in [0.25, 0.3) is 5.91 Å². The third kappa shape index (κ3) is 4.59. The Morgan fingerprint density at radius 1 is 1.06 bits per heavy atom. The summed E-state index contributed by atoms with van der Waals surface area (Å²) in [6, 6.07) is 3.41.